The lowest BCUT2D eigenvalue weighted by Crippen LogP contribution is -2.39. The van der Waals surface area contributed by atoms with Gasteiger partial charge in [0.05, 0.1) is 14.2 Å². The monoisotopic (exact) mass is 334 g/mol. The van der Waals surface area contributed by atoms with Gasteiger partial charge in [0.1, 0.15) is 0 Å². The molecule has 2 N–H and O–H groups in total. The average Bonchev–Trinajstić information content (AvgIpc) is 3.09. The van der Waals surface area contributed by atoms with Crippen LogP contribution in [0.4, 0.5) is 0 Å². The molecule has 1 aliphatic heterocycles. The Balaban J connectivity index is 1.81. The molecule has 134 valence electrons. The number of aliphatic imine (C=N–C) groups is 1. The van der Waals surface area contributed by atoms with E-state index in [0.29, 0.717) is 12.5 Å². The summed E-state index contributed by atoms with van der Waals surface area (Å²) in [6.07, 6.45) is 1.26. The zero-order chi connectivity index (χ0) is 17.4. The highest BCUT2D eigenvalue weighted by Crippen LogP contribution is 2.27. The first kappa shape index (κ1) is 18.4. The van der Waals surface area contributed by atoms with Crippen molar-refractivity contribution in [2.24, 2.45) is 10.9 Å². The van der Waals surface area contributed by atoms with Crippen LogP contribution in [-0.2, 0) is 6.54 Å². The van der Waals surface area contributed by atoms with E-state index in [9.17, 15) is 0 Å². The lowest BCUT2D eigenvalue weighted by atomic mass is 10.1. The summed E-state index contributed by atoms with van der Waals surface area (Å²) in [7, 11) is 5.10. The fourth-order valence-corrected chi connectivity index (χ4v) is 3.00. The van der Waals surface area contributed by atoms with Gasteiger partial charge in [0.15, 0.2) is 17.5 Å². The standard InChI is InChI=1S/C18H30N4O2/c1-5-22-9-8-15(13-22)12-21-18(19-2)20-11-14-6-7-16(23-3)17(10-14)24-4/h6-7,10,15H,5,8-9,11-13H2,1-4H3,(H2,19,20,21). The molecule has 6 heteroatoms. The second-order valence-corrected chi connectivity index (χ2v) is 6.04. The van der Waals surface area contributed by atoms with Crippen LogP contribution in [0.25, 0.3) is 0 Å². The predicted octanol–water partition coefficient (Wildman–Crippen LogP) is 1.71. The summed E-state index contributed by atoms with van der Waals surface area (Å²) in [5, 5.41) is 6.79. The number of ether oxygens (including phenoxy) is 2. The lowest BCUT2D eigenvalue weighted by molar-refractivity contribution is 0.342. The van der Waals surface area contributed by atoms with Crippen molar-refractivity contribution < 1.29 is 9.47 Å². The number of hydrogen-bond donors (Lipinski definition) is 2. The molecular formula is C18H30N4O2. The Hall–Kier alpha value is -1.95. The van der Waals surface area contributed by atoms with Crippen LogP contribution in [0.5, 0.6) is 11.5 Å². The summed E-state index contributed by atoms with van der Waals surface area (Å²) in [5.41, 5.74) is 1.12. The Morgan fingerprint density at radius 2 is 2.04 bits per heavy atom. The Morgan fingerprint density at radius 3 is 2.67 bits per heavy atom. The van der Waals surface area contributed by atoms with Gasteiger partial charge in [0.25, 0.3) is 0 Å². The first-order valence-electron chi connectivity index (χ1n) is 8.57. The van der Waals surface area contributed by atoms with E-state index in [2.05, 4.69) is 27.4 Å². The number of likely N-dealkylation sites (tertiary alicyclic amines) is 1. The molecule has 0 spiro atoms. The summed E-state index contributed by atoms with van der Waals surface area (Å²) in [5.74, 6) is 3.01. The molecule has 24 heavy (non-hydrogen) atoms. The van der Waals surface area contributed by atoms with Crippen molar-refractivity contribution >= 4 is 5.96 Å². The molecule has 0 radical (unpaired) electrons. The molecule has 1 heterocycles. The third-order valence-corrected chi connectivity index (χ3v) is 4.51. The quantitative estimate of drug-likeness (QED) is 0.587. The van der Waals surface area contributed by atoms with E-state index in [0.717, 1.165) is 36.1 Å². The van der Waals surface area contributed by atoms with Crippen LogP contribution in [0.2, 0.25) is 0 Å². The molecule has 1 aliphatic rings. The Labute approximate surface area is 145 Å². The van der Waals surface area contributed by atoms with Crippen LogP contribution in [0.15, 0.2) is 23.2 Å². The lowest BCUT2D eigenvalue weighted by Gasteiger charge is -2.16. The maximum absolute atomic E-state index is 5.34. The number of guanidine groups is 1. The van der Waals surface area contributed by atoms with Gasteiger partial charge in [-0.2, -0.15) is 0 Å². The number of benzene rings is 1. The van der Waals surface area contributed by atoms with E-state index in [1.54, 1.807) is 21.3 Å². The SMILES string of the molecule is CCN1CCC(CNC(=NC)NCc2ccc(OC)c(OC)c2)C1. The summed E-state index contributed by atoms with van der Waals surface area (Å²) in [4.78, 5) is 6.80. The second-order valence-electron chi connectivity index (χ2n) is 6.04. The van der Waals surface area contributed by atoms with Crippen molar-refractivity contribution in [3.05, 3.63) is 23.8 Å². The number of nitrogens with zero attached hydrogens (tertiary/aromatic N) is 2. The highest BCUT2D eigenvalue weighted by Gasteiger charge is 2.20. The minimum atomic E-state index is 0.686. The maximum atomic E-state index is 5.34. The van der Waals surface area contributed by atoms with E-state index in [4.69, 9.17) is 9.47 Å². The van der Waals surface area contributed by atoms with Gasteiger partial charge in [-0.3, -0.25) is 4.99 Å². The second kappa shape index (κ2) is 9.37. The van der Waals surface area contributed by atoms with Crippen LogP contribution in [0.1, 0.15) is 18.9 Å². The molecule has 1 unspecified atom stereocenters. The zero-order valence-electron chi connectivity index (χ0n) is 15.3. The highest BCUT2D eigenvalue weighted by atomic mass is 16.5. The molecule has 2 rings (SSSR count). The molecule has 1 aromatic carbocycles. The van der Waals surface area contributed by atoms with Gasteiger partial charge >= 0.3 is 0 Å². The number of rotatable bonds is 7. The van der Waals surface area contributed by atoms with E-state index >= 15 is 0 Å². The average molecular weight is 334 g/mol. The zero-order valence-corrected chi connectivity index (χ0v) is 15.3. The van der Waals surface area contributed by atoms with Gasteiger partial charge in [0, 0.05) is 26.7 Å². The molecule has 0 amide bonds. The Bertz CT molecular complexity index is 548. The predicted molar refractivity (Wildman–Crippen MR) is 98.0 cm³/mol. The first-order chi connectivity index (χ1) is 11.7. The van der Waals surface area contributed by atoms with Crippen molar-refractivity contribution in [3.8, 4) is 11.5 Å². The van der Waals surface area contributed by atoms with Gasteiger partial charge in [-0.1, -0.05) is 13.0 Å². The van der Waals surface area contributed by atoms with E-state index < -0.39 is 0 Å². The molecule has 1 fully saturated rings. The molecule has 1 aromatic rings. The fraction of sp³-hybridized carbons (Fsp3) is 0.611. The van der Waals surface area contributed by atoms with E-state index in [1.165, 1.54) is 19.5 Å². The smallest absolute Gasteiger partial charge is 0.191 e. The number of hydrogen-bond acceptors (Lipinski definition) is 4. The van der Waals surface area contributed by atoms with E-state index in [-0.39, 0.29) is 0 Å². The van der Waals surface area contributed by atoms with Gasteiger partial charge in [-0.05, 0) is 43.1 Å². The molecule has 0 saturated carbocycles. The molecule has 0 aliphatic carbocycles. The third kappa shape index (κ3) is 5.03. The van der Waals surface area contributed by atoms with Crippen LogP contribution in [0.3, 0.4) is 0 Å². The van der Waals surface area contributed by atoms with Crippen molar-refractivity contribution in [1.82, 2.24) is 15.5 Å². The molecule has 0 bridgehead atoms. The minimum Gasteiger partial charge on any atom is -0.493 e. The molecular weight excluding hydrogens is 304 g/mol. The van der Waals surface area contributed by atoms with Crippen molar-refractivity contribution in [3.63, 3.8) is 0 Å². The van der Waals surface area contributed by atoms with Crippen molar-refractivity contribution in [1.29, 1.82) is 0 Å². The maximum Gasteiger partial charge on any atom is 0.191 e. The number of methoxy groups -OCH3 is 2. The largest absolute Gasteiger partial charge is 0.493 e. The Kier molecular flexibility index (Phi) is 7.18. The fourth-order valence-electron chi connectivity index (χ4n) is 3.00. The molecule has 1 atom stereocenters. The van der Waals surface area contributed by atoms with Gasteiger partial charge in [-0.25, -0.2) is 0 Å². The van der Waals surface area contributed by atoms with Crippen molar-refractivity contribution in [2.75, 3.05) is 47.4 Å². The summed E-state index contributed by atoms with van der Waals surface area (Å²) in [6, 6.07) is 5.93. The van der Waals surface area contributed by atoms with Crippen LogP contribution < -0.4 is 20.1 Å². The topological polar surface area (TPSA) is 58.1 Å². The van der Waals surface area contributed by atoms with Crippen LogP contribution in [-0.4, -0.2) is 58.3 Å². The van der Waals surface area contributed by atoms with E-state index in [1.807, 2.05) is 18.2 Å². The van der Waals surface area contributed by atoms with Gasteiger partial charge in [-0.15, -0.1) is 0 Å². The van der Waals surface area contributed by atoms with Crippen LogP contribution in [0, 0.1) is 5.92 Å². The summed E-state index contributed by atoms with van der Waals surface area (Å²) in [6.45, 7) is 7.40. The molecule has 0 aromatic heterocycles. The molecule has 1 saturated heterocycles. The van der Waals surface area contributed by atoms with Gasteiger partial charge < -0.3 is 25.0 Å². The van der Waals surface area contributed by atoms with Crippen LogP contribution >= 0.6 is 0 Å². The van der Waals surface area contributed by atoms with Gasteiger partial charge in [0.2, 0.25) is 0 Å². The normalized spacial score (nSPS) is 18.5. The first-order valence-corrected chi connectivity index (χ1v) is 8.57. The molecule has 6 nitrogen and oxygen atoms in total. The minimum absolute atomic E-state index is 0.686. The van der Waals surface area contributed by atoms with Crippen molar-refractivity contribution in [2.45, 2.75) is 19.9 Å². The number of nitrogens with one attached hydrogen (secondary N) is 2. The summed E-state index contributed by atoms with van der Waals surface area (Å²) < 4.78 is 10.6. The Morgan fingerprint density at radius 1 is 1.25 bits per heavy atom. The third-order valence-electron chi connectivity index (χ3n) is 4.51. The highest BCUT2D eigenvalue weighted by molar-refractivity contribution is 5.79. The summed E-state index contributed by atoms with van der Waals surface area (Å²) >= 11 is 0.